The van der Waals surface area contributed by atoms with Crippen LogP contribution in [0.1, 0.15) is 18.5 Å². The molecule has 0 spiro atoms. The molecule has 100 valence electrons. The normalized spacial score (nSPS) is 12.2. The number of rotatable bonds is 3. The van der Waals surface area contributed by atoms with Gasteiger partial charge in [0, 0.05) is 15.6 Å². The molecule has 0 fully saturated rings. The fourth-order valence-electron chi connectivity index (χ4n) is 2.02. The second-order valence-corrected chi connectivity index (χ2v) is 6.22. The van der Waals surface area contributed by atoms with Crippen LogP contribution in [0.5, 0.6) is 0 Å². The summed E-state index contributed by atoms with van der Waals surface area (Å²) in [6, 6.07) is 14.3. The number of halogens is 2. The standard InChI is InChI=1S/C15H16ClIN2/c1-10(11-3-5-12(16)6-4-11)19(2)15-8-7-13(17)9-14(15)18/h3-10H,18H2,1-2H3. The first kappa shape index (κ1) is 14.5. The van der Waals surface area contributed by atoms with E-state index in [-0.39, 0.29) is 6.04 Å². The third kappa shape index (κ3) is 3.34. The molecule has 2 nitrogen and oxygen atoms in total. The van der Waals surface area contributed by atoms with E-state index in [4.69, 9.17) is 17.3 Å². The molecule has 0 saturated heterocycles. The SMILES string of the molecule is CC(c1ccc(Cl)cc1)N(C)c1ccc(I)cc1N. The van der Waals surface area contributed by atoms with Gasteiger partial charge >= 0.3 is 0 Å². The van der Waals surface area contributed by atoms with Crippen LogP contribution in [0, 0.1) is 3.57 Å². The molecule has 1 unspecified atom stereocenters. The van der Waals surface area contributed by atoms with Gasteiger partial charge in [0.2, 0.25) is 0 Å². The van der Waals surface area contributed by atoms with Gasteiger partial charge in [-0.05, 0) is 65.4 Å². The van der Waals surface area contributed by atoms with Gasteiger partial charge in [0.25, 0.3) is 0 Å². The molecule has 2 N–H and O–H groups in total. The van der Waals surface area contributed by atoms with Crippen LogP contribution in [0.4, 0.5) is 11.4 Å². The molecular weight excluding hydrogens is 371 g/mol. The molecule has 0 heterocycles. The molecule has 4 heteroatoms. The van der Waals surface area contributed by atoms with Gasteiger partial charge in [-0.3, -0.25) is 0 Å². The van der Waals surface area contributed by atoms with Gasteiger partial charge in [-0.25, -0.2) is 0 Å². The van der Waals surface area contributed by atoms with E-state index in [0.29, 0.717) is 0 Å². The third-order valence-corrected chi connectivity index (χ3v) is 4.23. The number of nitrogens with two attached hydrogens (primary N) is 1. The van der Waals surface area contributed by atoms with Crippen molar-refractivity contribution >= 4 is 45.6 Å². The van der Waals surface area contributed by atoms with E-state index < -0.39 is 0 Å². The zero-order valence-corrected chi connectivity index (χ0v) is 13.8. The van der Waals surface area contributed by atoms with Crippen LogP contribution in [0.3, 0.4) is 0 Å². The lowest BCUT2D eigenvalue weighted by Crippen LogP contribution is -2.22. The average molecular weight is 387 g/mol. The topological polar surface area (TPSA) is 29.3 Å². The van der Waals surface area contributed by atoms with Gasteiger partial charge in [-0.2, -0.15) is 0 Å². The molecule has 0 bridgehead atoms. The maximum atomic E-state index is 6.09. The van der Waals surface area contributed by atoms with E-state index in [0.717, 1.165) is 20.0 Å². The summed E-state index contributed by atoms with van der Waals surface area (Å²) < 4.78 is 1.14. The van der Waals surface area contributed by atoms with Gasteiger partial charge in [0.1, 0.15) is 0 Å². The lowest BCUT2D eigenvalue weighted by molar-refractivity contribution is 0.741. The predicted molar refractivity (Wildman–Crippen MR) is 91.8 cm³/mol. The van der Waals surface area contributed by atoms with Crippen molar-refractivity contribution in [2.75, 3.05) is 17.7 Å². The van der Waals surface area contributed by atoms with Crippen LogP contribution in [-0.2, 0) is 0 Å². The number of nitrogen functional groups attached to an aromatic ring is 1. The largest absolute Gasteiger partial charge is 0.397 e. The number of hydrogen-bond donors (Lipinski definition) is 1. The van der Waals surface area contributed by atoms with Crippen molar-refractivity contribution < 1.29 is 0 Å². The highest BCUT2D eigenvalue weighted by Crippen LogP contribution is 2.31. The smallest absolute Gasteiger partial charge is 0.0603 e. The van der Waals surface area contributed by atoms with Crippen molar-refractivity contribution in [2.24, 2.45) is 0 Å². The quantitative estimate of drug-likeness (QED) is 0.611. The highest BCUT2D eigenvalue weighted by molar-refractivity contribution is 14.1. The van der Waals surface area contributed by atoms with Crippen molar-refractivity contribution in [3.63, 3.8) is 0 Å². The summed E-state index contributed by atoms with van der Waals surface area (Å²) in [5, 5.41) is 0.757. The number of nitrogens with zero attached hydrogens (tertiary/aromatic N) is 1. The first-order chi connectivity index (χ1) is 8.99. The molecule has 19 heavy (non-hydrogen) atoms. The van der Waals surface area contributed by atoms with E-state index in [9.17, 15) is 0 Å². The maximum absolute atomic E-state index is 6.09. The van der Waals surface area contributed by atoms with E-state index in [1.165, 1.54) is 5.56 Å². The monoisotopic (exact) mass is 386 g/mol. The molecule has 0 aliphatic heterocycles. The molecule has 2 rings (SSSR count). The van der Waals surface area contributed by atoms with Gasteiger partial charge in [0.05, 0.1) is 17.4 Å². The van der Waals surface area contributed by atoms with Crippen molar-refractivity contribution in [2.45, 2.75) is 13.0 Å². The molecule has 0 amide bonds. The Hall–Kier alpha value is -0.940. The molecular formula is C15H16ClIN2. The van der Waals surface area contributed by atoms with Crippen LogP contribution in [0.2, 0.25) is 5.02 Å². The van der Waals surface area contributed by atoms with Crippen LogP contribution in [0.25, 0.3) is 0 Å². The van der Waals surface area contributed by atoms with Crippen molar-refractivity contribution in [3.05, 3.63) is 56.6 Å². The Morgan fingerprint density at radius 2 is 1.79 bits per heavy atom. The van der Waals surface area contributed by atoms with Gasteiger partial charge in [-0.15, -0.1) is 0 Å². The summed E-state index contributed by atoms with van der Waals surface area (Å²) in [6.45, 7) is 2.15. The third-order valence-electron chi connectivity index (χ3n) is 3.30. The Bertz CT molecular complexity index is 569. The highest BCUT2D eigenvalue weighted by atomic mass is 127. The lowest BCUT2D eigenvalue weighted by atomic mass is 10.1. The lowest BCUT2D eigenvalue weighted by Gasteiger charge is -2.28. The summed E-state index contributed by atoms with van der Waals surface area (Å²) in [4.78, 5) is 2.18. The maximum Gasteiger partial charge on any atom is 0.0603 e. The average Bonchev–Trinajstić information content (AvgIpc) is 2.38. The Morgan fingerprint density at radius 1 is 1.16 bits per heavy atom. The molecule has 0 aromatic heterocycles. The second kappa shape index (κ2) is 6.01. The summed E-state index contributed by atoms with van der Waals surface area (Å²) in [5.41, 5.74) is 9.15. The molecule has 0 aliphatic rings. The van der Waals surface area contributed by atoms with Crippen molar-refractivity contribution in [1.29, 1.82) is 0 Å². The summed E-state index contributed by atoms with van der Waals surface area (Å²) in [7, 11) is 2.05. The predicted octanol–water partition coefficient (Wildman–Crippen LogP) is 4.72. The number of hydrogen-bond acceptors (Lipinski definition) is 2. The summed E-state index contributed by atoms with van der Waals surface area (Å²) in [5.74, 6) is 0. The van der Waals surface area contributed by atoms with Gasteiger partial charge < -0.3 is 10.6 Å². The van der Waals surface area contributed by atoms with Crippen LogP contribution in [-0.4, -0.2) is 7.05 Å². The Kier molecular flexibility index (Phi) is 4.58. The fourth-order valence-corrected chi connectivity index (χ4v) is 2.66. The van der Waals surface area contributed by atoms with E-state index >= 15 is 0 Å². The second-order valence-electron chi connectivity index (χ2n) is 4.54. The van der Waals surface area contributed by atoms with Gasteiger partial charge in [-0.1, -0.05) is 23.7 Å². The zero-order chi connectivity index (χ0) is 14.0. The first-order valence-electron chi connectivity index (χ1n) is 6.02. The molecule has 0 aliphatic carbocycles. The molecule has 0 saturated carbocycles. The summed E-state index contributed by atoms with van der Waals surface area (Å²) in [6.07, 6.45) is 0. The molecule has 0 radical (unpaired) electrons. The zero-order valence-electron chi connectivity index (χ0n) is 10.9. The molecule has 2 aromatic rings. The Morgan fingerprint density at radius 3 is 2.37 bits per heavy atom. The fraction of sp³-hybridized carbons (Fsp3) is 0.200. The first-order valence-corrected chi connectivity index (χ1v) is 7.48. The Labute approximate surface area is 132 Å². The van der Waals surface area contributed by atoms with Crippen LogP contribution >= 0.6 is 34.2 Å². The molecule has 2 aromatic carbocycles. The minimum Gasteiger partial charge on any atom is -0.397 e. The minimum absolute atomic E-state index is 0.236. The van der Waals surface area contributed by atoms with Crippen LogP contribution < -0.4 is 10.6 Å². The molecule has 1 atom stereocenters. The van der Waals surface area contributed by atoms with Gasteiger partial charge in [0.15, 0.2) is 0 Å². The van der Waals surface area contributed by atoms with Crippen LogP contribution in [0.15, 0.2) is 42.5 Å². The minimum atomic E-state index is 0.236. The van der Waals surface area contributed by atoms with E-state index in [2.05, 4.69) is 53.6 Å². The highest BCUT2D eigenvalue weighted by Gasteiger charge is 2.14. The van der Waals surface area contributed by atoms with E-state index in [1.54, 1.807) is 0 Å². The van der Waals surface area contributed by atoms with E-state index in [1.807, 2.05) is 30.3 Å². The van der Waals surface area contributed by atoms with Crippen molar-refractivity contribution in [3.8, 4) is 0 Å². The number of anilines is 2. The number of benzene rings is 2. The Balaban J connectivity index is 2.27. The summed E-state index contributed by atoms with van der Waals surface area (Å²) >= 11 is 8.19. The van der Waals surface area contributed by atoms with Crippen molar-refractivity contribution in [1.82, 2.24) is 0 Å².